The molecular formula is C27H24O5. The van der Waals surface area contributed by atoms with Gasteiger partial charge in [0.25, 0.3) is 0 Å². The van der Waals surface area contributed by atoms with Gasteiger partial charge in [0.05, 0.1) is 10.9 Å². The predicted octanol–water partition coefficient (Wildman–Crippen LogP) is 6.50. The Morgan fingerprint density at radius 1 is 0.844 bits per heavy atom. The third-order valence-corrected chi connectivity index (χ3v) is 4.91. The maximum absolute atomic E-state index is 13.2. The molecule has 162 valence electrons. The lowest BCUT2D eigenvalue weighted by Crippen LogP contribution is -2.27. The summed E-state index contributed by atoms with van der Waals surface area (Å²) in [6.07, 6.45) is -0.483. The number of carbonyl (C=O) groups excluding carboxylic acids is 1. The minimum atomic E-state index is -0.976. The van der Waals surface area contributed by atoms with E-state index in [1.807, 2.05) is 54.6 Å². The van der Waals surface area contributed by atoms with Gasteiger partial charge >= 0.3 is 6.16 Å². The standard InChI is InChI=1S/C27H24O5/c1-27(2,3)32-26(29)31-25(22-17-30-23-12-8-7-11-21(23)24(22)28)20-15-13-19(14-16-20)18-9-5-4-6-10-18/h4-17,25H,1-3H3. The summed E-state index contributed by atoms with van der Waals surface area (Å²) in [4.78, 5) is 25.7. The van der Waals surface area contributed by atoms with Crippen LogP contribution in [-0.2, 0) is 9.47 Å². The lowest BCUT2D eigenvalue weighted by molar-refractivity contribution is -0.0204. The number of hydrogen-bond acceptors (Lipinski definition) is 5. The number of ether oxygens (including phenoxy) is 2. The lowest BCUT2D eigenvalue weighted by atomic mass is 9.98. The van der Waals surface area contributed by atoms with Crippen LogP contribution in [0.15, 0.2) is 94.3 Å². The maximum atomic E-state index is 13.2. The molecule has 1 aromatic heterocycles. The molecule has 3 aromatic carbocycles. The van der Waals surface area contributed by atoms with E-state index in [0.29, 0.717) is 16.5 Å². The van der Waals surface area contributed by atoms with Crippen LogP contribution in [0.3, 0.4) is 0 Å². The first-order valence-corrected chi connectivity index (χ1v) is 10.4. The summed E-state index contributed by atoms with van der Waals surface area (Å²) in [6, 6.07) is 24.4. The summed E-state index contributed by atoms with van der Waals surface area (Å²) in [7, 11) is 0. The maximum Gasteiger partial charge on any atom is 0.509 e. The van der Waals surface area contributed by atoms with Gasteiger partial charge in [0.2, 0.25) is 0 Å². The van der Waals surface area contributed by atoms with Crippen LogP contribution in [0, 0.1) is 0 Å². The van der Waals surface area contributed by atoms with E-state index >= 15 is 0 Å². The smallest absolute Gasteiger partial charge is 0.464 e. The van der Waals surface area contributed by atoms with Crippen molar-refractivity contribution in [1.29, 1.82) is 0 Å². The molecule has 0 bridgehead atoms. The van der Waals surface area contributed by atoms with E-state index in [1.54, 1.807) is 45.0 Å². The predicted molar refractivity (Wildman–Crippen MR) is 124 cm³/mol. The first kappa shape index (κ1) is 21.4. The minimum absolute atomic E-state index is 0.224. The number of carbonyl (C=O) groups is 1. The molecule has 0 radical (unpaired) electrons. The summed E-state index contributed by atoms with van der Waals surface area (Å²) >= 11 is 0. The number of benzene rings is 3. The first-order valence-electron chi connectivity index (χ1n) is 10.4. The highest BCUT2D eigenvalue weighted by molar-refractivity contribution is 5.77. The van der Waals surface area contributed by atoms with Gasteiger partial charge in [0.1, 0.15) is 17.4 Å². The number of para-hydroxylation sites is 1. The Labute approximate surface area is 186 Å². The molecule has 0 aliphatic carbocycles. The second kappa shape index (κ2) is 8.71. The second-order valence-electron chi connectivity index (χ2n) is 8.47. The zero-order chi connectivity index (χ0) is 22.7. The average Bonchev–Trinajstić information content (AvgIpc) is 2.78. The minimum Gasteiger partial charge on any atom is -0.464 e. The Morgan fingerprint density at radius 2 is 1.47 bits per heavy atom. The molecular weight excluding hydrogens is 404 g/mol. The van der Waals surface area contributed by atoms with Crippen LogP contribution in [0.4, 0.5) is 4.79 Å². The SMILES string of the molecule is CC(C)(C)OC(=O)OC(c1ccc(-c2ccccc2)cc1)c1coc2ccccc2c1=O. The summed E-state index contributed by atoms with van der Waals surface area (Å²) < 4.78 is 16.7. The van der Waals surface area contributed by atoms with Crippen molar-refractivity contribution in [2.24, 2.45) is 0 Å². The van der Waals surface area contributed by atoms with Crippen LogP contribution in [0.2, 0.25) is 0 Å². The number of hydrogen-bond donors (Lipinski definition) is 0. The van der Waals surface area contributed by atoms with Gasteiger partial charge in [-0.05, 0) is 49.6 Å². The highest BCUT2D eigenvalue weighted by atomic mass is 16.7. The van der Waals surface area contributed by atoms with Crippen molar-refractivity contribution in [3.63, 3.8) is 0 Å². The molecule has 5 heteroatoms. The van der Waals surface area contributed by atoms with Crippen LogP contribution in [0.1, 0.15) is 38.0 Å². The Morgan fingerprint density at radius 3 is 2.16 bits per heavy atom. The number of fused-ring (bicyclic) bond motifs is 1. The van der Waals surface area contributed by atoms with Crippen molar-refractivity contribution in [3.8, 4) is 11.1 Å². The van der Waals surface area contributed by atoms with E-state index in [0.717, 1.165) is 11.1 Å². The van der Waals surface area contributed by atoms with Crippen LogP contribution >= 0.6 is 0 Å². The highest BCUT2D eigenvalue weighted by Crippen LogP contribution is 2.29. The molecule has 1 unspecified atom stereocenters. The third-order valence-electron chi connectivity index (χ3n) is 4.91. The van der Waals surface area contributed by atoms with Crippen LogP contribution in [0.5, 0.6) is 0 Å². The summed E-state index contributed by atoms with van der Waals surface area (Å²) in [6.45, 7) is 5.26. The van der Waals surface area contributed by atoms with Gasteiger partial charge in [0.15, 0.2) is 11.5 Å². The van der Waals surface area contributed by atoms with E-state index in [4.69, 9.17) is 13.9 Å². The Kier molecular flexibility index (Phi) is 5.82. The van der Waals surface area contributed by atoms with E-state index < -0.39 is 17.9 Å². The first-order chi connectivity index (χ1) is 15.3. The summed E-state index contributed by atoms with van der Waals surface area (Å²) in [5, 5.41) is 0.420. The zero-order valence-corrected chi connectivity index (χ0v) is 18.2. The molecule has 0 saturated heterocycles. The van der Waals surface area contributed by atoms with Crippen molar-refractivity contribution in [2.45, 2.75) is 32.5 Å². The molecule has 0 spiro atoms. The monoisotopic (exact) mass is 428 g/mol. The average molecular weight is 428 g/mol. The molecule has 4 rings (SSSR count). The molecule has 4 aromatic rings. The van der Waals surface area contributed by atoms with Crippen molar-refractivity contribution in [1.82, 2.24) is 0 Å². The van der Waals surface area contributed by atoms with E-state index in [9.17, 15) is 9.59 Å². The van der Waals surface area contributed by atoms with E-state index in [-0.39, 0.29) is 11.0 Å². The van der Waals surface area contributed by atoms with Gasteiger partial charge < -0.3 is 13.9 Å². The van der Waals surface area contributed by atoms with Gasteiger partial charge in [0, 0.05) is 0 Å². The second-order valence-corrected chi connectivity index (χ2v) is 8.47. The Hall–Kier alpha value is -3.86. The summed E-state index contributed by atoms with van der Waals surface area (Å²) in [5.74, 6) is 0. The van der Waals surface area contributed by atoms with Gasteiger partial charge in [-0.3, -0.25) is 4.79 Å². The van der Waals surface area contributed by atoms with Crippen LogP contribution in [0.25, 0.3) is 22.1 Å². The van der Waals surface area contributed by atoms with Crippen molar-refractivity contribution < 1.29 is 18.7 Å². The van der Waals surface area contributed by atoms with Crippen LogP contribution in [-0.4, -0.2) is 11.8 Å². The number of rotatable bonds is 4. The van der Waals surface area contributed by atoms with Crippen molar-refractivity contribution >= 4 is 17.1 Å². The molecule has 0 amide bonds. The largest absolute Gasteiger partial charge is 0.509 e. The van der Waals surface area contributed by atoms with E-state index in [2.05, 4.69) is 0 Å². The molecule has 1 heterocycles. The molecule has 1 atom stereocenters. The molecule has 5 nitrogen and oxygen atoms in total. The lowest BCUT2D eigenvalue weighted by Gasteiger charge is -2.23. The molecule has 32 heavy (non-hydrogen) atoms. The van der Waals surface area contributed by atoms with Crippen molar-refractivity contribution in [2.75, 3.05) is 0 Å². The quantitative estimate of drug-likeness (QED) is 0.347. The fourth-order valence-electron chi connectivity index (χ4n) is 3.44. The van der Waals surface area contributed by atoms with Gasteiger partial charge in [-0.25, -0.2) is 4.79 Å². The normalized spacial score (nSPS) is 12.3. The van der Waals surface area contributed by atoms with Crippen LogP contribution < -0.4 is 5.43 Å². The molecule has 0 aliphatic heterocycles. The van der Waals surface area contributed by atoms with E-state index in [1.165, 1.54) is 6.26 Å². The summed E-state index contributed by atoms with van der Waals surface area (Å²) in [5.41, 5.74) is 2.42. The topological polar surface area (TPSA) is 65.7 Å². The fourth-order valence-corrected chi connectivity index (χ4v) is 3.44. The molecule has 0 aliphatic rings. The van der Waals surface area contributed by atoms with Crippen molar-refractivity contribution in [3.05, 3.63) is 106 Å². The molecule has 0 fully saturated rings. The molecule has 0 saturated carbocycles. The van der Waals surface area contributed by atoms with Gasteiger partial charge in [-0.15, -0.1) is 0 Å². The molecule has 0 N–H and O–H groups in total. The third kappa shape index (κ3) is 4.72. The van der Waals surface area contributed by atoms with Gasteiger partial charge in [-0.2, -0.15) is 0 Å². The Balaban J connectivity index is 1.75. The zero-order valence-electron chi connectivity index (χ0n) is 18.2. The Bertz CT molecular complexity index is 1280. The fraction of sp³-hybridized carbons (Fsp3) is 0.185. The highest BCUT2D eigenvalue weighted by Gasteiger charge is 2.27. The van der Waals surface area contributed by atoms with Gasteiger partial charge in [-0.1, -0.05) is 66.7 Å².